The van der Waals surface area contributed by atoms with Crippen molar-refractivity contribution in [3.63, 3.8) is 0 Å². The molecular weight excluding hydrogens is 488 g/mol. The second kappa shape index (κ2) is 9.72. The van der Waals surface area contributed by atoms with E-state index in [2.05, 4.69) is 28.4 Å². The first-order valence-electron chi connectivity index (χ1n) is 11.6. The summed E-state index contributed by atoms with van der Waals surface area (Å²) in [5, 5.41) is 20.1. The lowest BCUT2D eigenvalue weighted by Crippen LogP contribution is -2.48. The van der Waals surface area contributed by atoms with E-state index >= 15 is 0 Å². The van der Waals surface area contributed by atoms with E-state index in [1.54, 1.807) is 23.9 Å². The van der Waals surface area contributed by atoms with Gasteiger partial charge in [0.05, 0.1) is 28.3 Å². The maximum atomic E-state index is 13.7. The highest BCUT2D eigenvalue weighted by Crippen LogP contribution is 2.44. The van der Waals surface area contributed by atoms with Gasteiger partial charge in [-0.3, -0.25) is 9.36 Å². The zero-order chi connectivity index (χ0) is 24.5. The highest BCUT2D eigenvalue weighted by molar-refractivity contribution is 8.00. The summed E-state index contributed by atoms with van der Waals surface area (Å²) in [6.45, 7) is 0. The number of amides is 1. The molecule has 1 N–H and O–H groups in total. The van der Waals surface area contributed by atoms with Gasteiger partial charge in [-0.1, -0.05) is 78.5 Å². The first-order valence-corrected chi connectivity index (χ1v) is 13.4. The van der Waals surface area contributed by atoms with E-state index in [4.69, 9.17) is 0 Å². The van der Waals surface area contributed by atoms with Crippen LogP contribution in [0.1, 0.15) is 0 Å². The van der Waals surface area contributed by atoms with Crippen molar-refractivity contribution in [2.75, 3.05) is 10.7 Å². The molecule has 1 aliphatic heterocycles. The molecule has 0 radical (unpaired) electrons. The quantitative estimate of drug-likeness (QED) is 0.346. The van der Waals surface area contributed by atoms with E-state index < -0.39 is 0 Å². The number of phenolic OH excluding ortho intramolecular Hbond substituents is 1. The molecule has 1 aromatic heterocycles. The van der Waals surface area contributed by atoms with Gasteiger partial charge < -0.3 is 10.0 Å². The van der Waals surface area contributed by atoms with Gasteiger partial charge in [-0.25, -0.2) is 0 Å². The van der Waals surface area contributed by atoms with Crippen molar-refractivity contribution in [2.45, 2.75) is 21.3 Å². The van der Waals surface area contributed by atoms with Gasteiger partial charge in [0.15, 0.2) is 11.0 Å². The Morgan fingerprint density at radius 3 is 2.53 bits per heavy atom. The van der Waals surface area contributed by atoms with E-state index in [0.717, 1.165) is 16.3 Å². The minimum Gasteiger partial charge on any atom is -0.507 e. The van der Waals surface area contributed by atoms with Crippen molar-refractivity contribution in [1.82, 2.24) is 14.8 Å². The third-order valence-electron chi connectivity index (χ3n) is 6.13. The van der Waals surface area contributed by atoms with Gasteiger partial charge in [-0.2, -0.15) is 0 Å². The molecule has 0 unspecified atom stereocenters. The standard InChI is InChI=1S/C28H22N4O2S2/c33-23-15-7-4-12-20(23)27-29-30-28(31(27)19-10-2-1-3-11-19)35-18-26(34)32-21-13-5-8-16-24(21)36-25-17-9-6-14-22(25)32/h1-17,21,24,33H,18H2/t21-,24-/m1/s1. The molecule has 0 spiro atoms. The monoisotopic (exact) mass is 510 g/mol. The lowest BCUT2D eigenvalue weighted by Gasteiger charge is -2.40. The van der Waals surface area contributed by atoms with Crippen LogP contribution in [0.3, 0.4) is 0 Å². The minimum absolute atomic E-state index is 0.00872. The highest BCUT2D eigenvalue weighted by Gasteiger charge is 2.36. The van der Waals surface area contributed by atoms with Crippen LogP contribution in [0.25, 0.3) is 17.1 Å². The van der Waals surface area contributed by atoms with Gasteiger partial charge in [0, 0.05) is 10.6 Å². The third kappa shape index (κ3) is 4.12. The van der Waals surface area contributed by atoms with Crippen LogP contribution in [0.15, 0.2) is 113 Å². The van der Waals surface area contributed by atoms with Crippen molar-refractivity contribution in [3.05, 3.63) is 103 Å². The maximum Gasteiger partial charge on any atom is 0.238 e. The van der Waals surface area contributed by atoms with Crippen LogP contribution in [0.5, 0.6) is 5.75 Å². The third-order valence-corrected chi connectivity index (χ3v) is 8.35. The Hall–Kier alpha value is -3.75. The molecule has 8 heteroatoms. The largest absolute Gasteiger partial charge is 0.507 e. The molecular formula is C28H22N4O2S2. The number of thioether (sulfide) groups is 2. The number of benzene rings is 3. The molecule has 178 valence electrons. The molecule has 2 heterocycles. The van der Waals surface area contributed by atoms with Gasteiger partial charge >= 0.3 is 0 Å². The van der Waals surface area contributed by atoms with Crippen LogP contribution in [0, 0.1) is 0 Å². The average molecular weight is 511 g/mol. The Kier molecular flexibility index (Phi) is 6.13. The number of rotatable bonds is 5. The number of fused-ring (bicyclic) bond motifs is 2. The summed E-state index contributed by atoms with van der Waals surface area (Å²) in [6, 6.07) is 24.8. The second-order valence-corrected chi connectivity index (χ2v) is 10.5. The number of aromatic nitrogens is 3. The number of carbonyl (C=O) groups excluding carboxylic acids is 1. The van der Waals surface area contributed by atoms with Crippen molar-refractivity contribution in [1.29, 1.82) is 0 Å². The number of phenols is 1. The Balaban J connectivity index is 1.33. The predicted molar refractivity (Wildman–Crippen MR) is 145 cm³/mol. The average Bonchev–Trinajstić information content (AvgIpc) is 3.34. The van der Waals surface area contributed by atoms with E-state index in [9.17, 15) is 9.90 Å². The van der Waals surface area contributed by atoms with Gasteiger partial charge in [0.25, 0.3) is 0 Å². The molecule has 1 amide bonds. The van der Waals surface area contributed by atoms with Crippen LogP contribution in [-0.4, -0.2) is 42.8 Å². The summed E-state index contributed by atoms with van der Waals surface area (Å²) in [5.74, 6) is 0.857. The predicted octanol–water partition coefficient (Wildman–Crippen LogP) is 5.73. The molecule has 0 fully saturated rings. The molecule has 1 aliphatic carbocycles. The number of nitrogens with zero attached hydrogens (tertiary/aromatic N) is 4. The summed E-state index contributed by atoms with van der Waals surface area (Å²) in [4.78, 5) is 16.7. The fraction of sp³-hybridized carbons (Fsp3) is 0.107. The van der Waals surface area contributed by atoms with Gasteiger partial charge in [0.1, 0.15) is 5.75 Å². The normalized spacial score (nSPS) is 18.1. The van der Waals surface area contributed by atoms with Crippen LogP contribution in [0.2, 0.25) is 0 Å². The number of para-hydroxylation sites is 3. The Labute approximate surface area is 217 Å². The fourth-order valence-electron chi connectivity index (χ4n) is 4.49. The van der Waals surface area contributed by atoms with E-state index in [-0.39, 0.29) is 28.7 Å². The summed E-state index contributed by atoms with van der Waals surface area (Å²) in [7, 11) is 0. The molecule has 0 bridgehead atoms. The lowest BCUT2D eigenvalue weighted by molar-refractivity contribution is -0.116. The van der Waals surface area contributed by atoms with Crippen LogP contribution >= 0.6 is 23.5 Å². The molecule has 3 aromatic carbocycles. The van der Waals surface area contributed by atoms with Crippen LogP contribution in [-0.2, 0) is 4.79 Å². The molecule has 2 atom stereocenters. The number of hydrogen-bond donors (Lipinski definition) is 1. The molecule has 36 heavy (non-hydrogen) atoms. The minimum atomic E-state index is -0.0354. The zero-order valence-corrected chi connectivity index (χ0v) is 20.8. The Bertz CT molecular complexity index is 1480. The van der Waals surface area contributed by atoms with Crippen molar-refractivity contribution in [3.8, 4) is 22.8 Å². The fourth-order valence-corrected chi connectivity index (χ4v) is 6.56. The van der Waals surface area contributed by atoms with E-state index in [1.165, 1.54) is 11.8 Å². The topological polar surface area (TPSA) is 71.2 Å². The first-order chi connectivity index (χ1) is 17.7. The van der Waals surface area contributed by atoms with Crippen molar-refractivity contribution in [2.24, 2.45) is 0 Å². The molecule has 2 aliphatic rings. The van der Waals surface area contributed by atoms with Gasteiger partial charge in [0.2, 0.25) is 5.91 Å². The van der Waals surface area contributed by atoms with Gasteiger partial charge in [-0.05, 0) is 36.4 Å². The van der Waals surface area contributed by atoms with E-state index in [1.807, 2.05) is 82.3 Å². The number of hydrogen-bond acceptors (Lipinski definition) is 6. The molecule has 6 rings (SSSR count). The Morgan fingerprint density at radius 1 is 0.917 bits per heavy atom. The SMILES string of the molecule is O=C(CSc1nnc(-c2ccccc2O)n1-c1ccccc1)N1c2ccccc2S[C@@H]2C=CC=C[C@H]21. The summed E-state index contributed by atoms with van der Waals surface area (Å²) < 4.78 is 1.89. The Morgan fingerprint density at radius 2 is 1.67 bits per heavy atom. The first kappa shape index (κ1) is 22.7. The highest BCUT2D eigenvalue weighted by atomic mass is 32.2. The number of carbonyl (C=O) groups is 1. The van der Waals surface area contributed by atoms with E-state index in [0.29, 0.717) is 16.5 Å². The number of anilines is 1. The second-order valence-electron chi connectivity index (χ2n) is 8.36. The zero-order valence-electron chi connectivity index (χ0n) is 19.1. The van der Waals surface area contributed by atoms with Crippen molar-refractivity contribution >= 4 is 35.1 Å². The van der Waals surface area contributed by atoms with Crippen molar-refractivity contribution < 1.29 is 9.90 Å². The molecule has 6 nitrogen and oxygen atoms in total. The molecule has 0 saturated heterocycles. The smallest absolute Gasteiger partial charge is 0.238 e. The van der Waals surface area contributed by atoms with Crippen LogP contribution in [0.4, 0.5) is 5.69 Å². The van der Waals surface area contributed by atoms with Crippen LogP contribution < -0.4 is 4.90 Å². The molecule has 0 saturated carbocycles. The number of aromatic hydroxyl groups is 1. The maximum absolute atomic E-state index is 13.7. The summed E-state index contributed by atoms with van der Waals surface area (Å²) in [6.07, 6.45) is 8.30. The molecule has 4 aromatic rings. The number of allylic oxidation sites excluding steroid dienone is 2. The lowest BCUT2D eigenvalue weighted by atomic mass is 10.0. The summed E-state index contributed by atoms with van der Waals surface area (Å²) in [5.41, 5.74) is 2.38. The van der Waals surface area contributed by atoms with Gasteiger partial charge in [-0.15, -0.1) is 22.0 Å². The summed E-state index contributed by atoms with van der Waals surface area (Å²) >= 11 is 3.14.